The van der Waals surface area contributed by atoms with E-state index in [4.69, 9.17) is 59.1 Å². The molecule has 8 rings (SSSR count). The van der Waals surface area contributed by atoms with Gasteiger partial charge in [-0.05, 0) is 81.0 Å². The first kappa shape index (κ1) is 90.1. The SMILES string of the molecule is CNC(=O)CO[C@@H]1[C@H](C)[C@@H]([C@@H](C)O)O[C@H]1n1cc(C)c(=O)[nH]c1=O.CNC(=O)CO[C@@H]1[C@H](O)[C@@H](C(C)C)O[C@H]1n1cc(C)c(=O)[nH]c1=O.[2H][C@@H](C)[C@H]1O[C@@H](n2cc(C)c(=O)[nH]c2=O)[C@H](OCC(=O)NC)[C@@H]1O.[2H][C@@H](C)[C@H]1O[C@@H](n2cc(C)c(=O)[nH]c2=O)[C@H](OCC(=O)NC)[C@@H]1OP(OCC[N+]#[C-])N(C(C)C)C(C)C.[3H]OC.[3H]OC. The van der Waals surface area contributed by atoms with Crippen molar-refractivity contribution in [1.29, 1.82) is 2.86 Å². The fourth-order valence-corrected chi connectivity index (χ4v) is 13.5. The van der Waals surface area contributed by atoms with Gasteiger partial charge in [-0.2, -0.15) is 0 Å². The van der Waals surface area contributed by atoms with Gasteiger partial charge < -0.3 is 98.6 Å². The summed E-state index contributed by atoms with van der Waals surface area (Å²) >= 11 is 0. The van der Waals surface area contributed by atoms with E-state index in [1.54, 1.807) is 34.6 Å². The van der Waals surface area contributed by atoms with E-state index in [0.29, 0.717) is 11.1 Å². The number of amides is 4. The van der Waals surface area contributed by atoms with Crippen LogP contribution in [0.25, 0.3) is 4.85 Å². The highest BCUT2D eigenvalue weighted by atomic mass is 31.2. The highest BCUT2D eigenvalue weighted by Gasteiger charge is 2.52. The highest BCUT2D eigenvalue weighted by molar-refractivity contribution is 7.44. The first-order chi connectivity index (χ1) is 54.0. The summed E-state index contributed by atoms with van der Waals surface area (Å²) in [6, 6.07) is 0.0532. The fraction of sp³-hybridized carbons (Fsp3) is 0.696. The second kappa shape index (κ2) is 46.8. The van der Waals surface area contributed by atoms with Gasteiger partial charge in [0, 0.05) is 110 Å². The van der Waals surface area contributed by atoms with Gasteiger partial charge in [0.1, 0.15) is 75.8 Å². The van der Waals surface area contributed by atoms with Crippen molar-refractivity contribution in [2.45, 2.75) is 220 Å². The topological polar surface area (TPSA) is 537 Å². The first-order valence-corrected chi connectivity index (χ1v) is 36.4. The van der Waals surface area contributed by atoms with Gasteiger partial charge in [0.2, 0.25) is 33.0 Å². The lowest BCUT2D eigenvalue weighted by Gasteiger charge is -2.38. The molecule has 0 spiro atoms. The third-order valence-corrected chi connectivity index (χ3v) is 19.5. The molecule has 20 atom stereocenters. The van der Waals surface area contributed by atoms with Crippen molar-refractivity contribution in [2.24, 2.45) is 11.8 Å². The number of H-pyrrole nitrogens is 4. The van der Waals surface area contributed by atoms with Gasteiger partial charge in [0.05, 0.1) is 30.5 Å². The van der Waals surface area contributed by atoms with Gasteiger partial charge in [-0.25, -0.2) is 30.4 Å². The predicted molar refractivity (Wildman–Crippen MR) is 401 cm³/mol. The van der Waals surface area contributed by atoms with Gasteiger partial charge >= 0.3 is 22.8 Å². The minimum Gasteiger partial charge on any atom is -0.400 e. The lowest BCUT2D eigenvalue weighted by atomic mass is 9.97. The maximum absolute atomic E-state index is 12.7. The number of hydrogen-bond acceptors (Lipinski definition) is 28. The van der Waals surface area contributed by atoms with Crippen molar-refractivity contribution >= 4 is 32.2 Å². The summed E-state index contributed by atoms with van der Waals surface area (Å²) in [4.78, 5) is 154. The summed E-state index contributed by atoms with van der Waals surface area (Å²) in [5.41, 5.74) is -3.53. The Labute approximate surface area is 647 Å². The second-order valence-corrected chi connectivity index (χ2v) is 27.7. The van der Waals surface area contributed by atoms with E-state index in [-0.39, 0.29) is 86.4 Å². The number of likely N-dealkylation sites (N-methyl/N-ethyl adjacent to an activating group) is 4. The minimum atomic E-state index is -1.74. The molecule has 8 heterocycles. The molecule has 0 radical (unpaired) electrons. The van der Waals surface area contributed by atoms with Crippen LogP contribution in [0.3, 0.4) is 0 Å². The molecule has 4 aromatic rings. The monoisotopic (exact) mass is 1610 g/mol. The Bertz CT molecular complexity index is 4000. The van der Waals surface area contributed by atoms with Crippen molar-refractivity contribution in [3.05, 3.63) is 142 Å². The van der Waals surface area contributed by atoms with Crippen LogP contribution in [0.2, 0.25) is 0 Å². The van der Waals surface area contributed by atoms with Crippen LogP contribution in [-0.4, -0.2) is 262 Å². The quantitative estimate of drug-likeness (QED) is 0.0160. The smallest absolute Gasteiger partial charge is 0.330 e. The summed E-state index contributed by atoms with van der Waals surface area (Å²) in [7, 11) is 6.72. The predicted octanol–water partition coefficient (Wildman–Crippen LogP) is -2.41. The molecule has 4 saturated heterocycles. The van der Waals surface area contributed by atoms with Crippen LogP contribution in [0.15, 0.2) is 63.1 Å². The summed E-state index contributed by atoms with van der Waals surface area (Å²) in [5, 5.41) is 47.5. The van der Waals surface area contributed by atoms with Crippen molar-refractivity contribution in [1.82, 2.24) is 64.1 Å². The molecule has 0 aliphatic carbocycles. The van der Waals surface area contributed by atoms with Crippen molar-refractivity contribution in [3.63, 3.8) is 0 Å². The van der Waals surface area contributed by atoms with Gasteiger partial charge in [-0.15, -0.1) is 0 Å². The summed E-state index contributed by atoms with van der Waals surface area (Å²) < 4.78 is 92.8. The maximum atomic E-state index is 12.7. The second-order valence-electron chi connectivity index (χ2n) is 26.3. The molecule has 42 heteroatoms. The Morgan fingerprint density at radius 1 is 0.559 bits per heavy atom. The molecule has 1 unspecified atom stereocenters. The van der Waals surface area contributed by atoms with Crippen LogP contribution in [-0.2, 0) is 66.1 Å². The molecule has 0 saturated carbocycles. The van der Waals surface area contributed by atoms with Crippen LogP contribution < -0.4 is 66.3 Å². The zero-order valence-electron chi connectivity index (χ0n) is 70.0. The number of nitrogens with one attached hydrogen (secondary N) is 8. The highest BCUT2D eigenvalue weighted by Crippen LogP contribution is 2.51. The third-order valence-electron chi connectivity index (χ3n) is 17.4. The number of rotatable bonds is 28. The van der Waals surface area contributed by atoms with Crippen LogP contribution in [0, 0.1) is 46.1 Å². The number of aryl methyl sites for hydroxylation is 4. The van der Waals surface area contributed by atoms with Gasteiger partial charge in [0.25, 0.3) is 30.8 Å². The number of nitrogens with zero attached hydrogens (tertiary/aromatic N) is 6. The van der Waals surface area contributed by atoms with E-state index in [9.17, 15) is 72.9 Å². The van der Waals surface area contributed by atoms with E-state index >= 15 is 0 Å². The lowest BCUT2D eigenvalue weighted by molar-refractivity contribution is -0.133. The molecule has 4 aromatic heterocycles. The van der Waals surface area contributed by atoms with Crippen LogP contribution >= 0.6 is 8.53 Å². The molecule has 0 aromatic carbocycles. The first-order valence-electron chi connectivity index (χ1n) is 37.3. The molecule has 41 nitrogen and oxygen atoms in total. The average Bonchev–Trinajstić information content (AvgIpc) is 1.60. The molecule has 4 amide bonds. The number of aliphatic hydroxyl groups excluding tert-OH is 5. The molecule has 4 aliphatic heterocycles. The number of aromatic nitrogens is 8. The molecule has 0 bridgehead atoms. The Hall–Kier alpha value is -8.12. The number of aliphatic hydroxyl groups is 5. The van der Waals surface area contributed by atoms with E-state index in [2.05, 4.69) is 56.3 Å². The lowest BCUT2D eigenvalue weighted by Crippen LogP contribution is -2.43. The third kappa shape index (κ3) is 26.2. The fourth-order valence-electron chi connectivity index (χ4n) is 11.7. The number of carbonyl (C=O) groups is 4. The number of carbonyl (C=O) groups excluding carboxylic acids is 4. The van der Waals surface area contributed by atoms with Crippen LogP contribution in [0.5, 0.6) is 0 Å². The Balaban J connectivity index is 0.000000394. The molecular formula is C69H113N14O27P. The van der Waals surface area contributed by atoms with Gasteiger partial charge in [0.15, 0.2) is 24.9 Å². The Morgan fingerprint density at radius 2 is 0.874 bits per heavy atom. The number of ether oxygens (including phenoxy) is 8. The number of hydrogen-bond donors (Lipinski definition) is 13. The zero-order valence-corrected chi connectivity index (χ0v) is 66.9. The van der Waals surface area contributed by atoms with E-state index < -0.39 is 176 Å². The normalized spacial score (nSPS) is 26.0. The maximum Gasteiger partial charge on any atom is 0.330 e. The zero-order chi connectivity index (χ0) is 87.3. The van der Waals surface area contributed by atoms with Crippen molar-refractivity contribution < 1.29 is 94.4 Å². The Morgan fingerprint density at radius 3 is 1.21 bits per heavy atom. The molecule has 13 N–H and O–H groups in total. The van der Waals surface area contributed by atoms with Crippen molar-refractivity contribution in [2.75, 3.05) is 82.0 Å². The van der Waals surface area contributed by atoms with E-state index in [0.717, 1.165) is 4.57 Å². The van der Waals surface area contributed by atoms with Gasteiger partial charge in [-0.3, -0.25) is 76.6 Å². The molecule has 626 valence electrons. The van der Waals surface area contributed by atoms with E-state index in [1.165, 1.54) is 94.7 Å². The molecule has 4 aliphatic rings. The largest absolute Gasteiger partial charge is 0.400 e. The van der Waals surface area contributed by atoms with Crippen LogP contribution in [0.4, 0.5) is 0 Å². The summed E-state index contributed by atoms with van der Waals surface area (Å²) in [5.74, 6) is -1.78. The summed E-state index contributed by atoms with van der Waals surface area (Å²) in [6.07, 6.45) is -10.5. The van der Waals surface area contributed by atoms with Crippen LogP contribution in [0.1, 0.15) is 132 Å². The average molecular weight is 1610 g/mol. The van der Waals surface area contributed by atoms with Crippen molar-refractivity contribution in [3.8, 4) is 0 Å². The van der Waals surface area contributed by atoms with Gasteiger partial charge in [-0.1, -0.05) is 34.6 Å². The molecular weight excluding hydrogens is 1490 g/mol. The molecule has 111 heavy (non-hydrogen) atoms. The Kier molecular flexibility index (Phi) is 38.0. The molecule has 4 fully saturated rings. The summed E-state index contributed by atoms with van der Waals surface area (Å²) in [6.45, 7) is 30.7. The number of aromatic amines is 4. The van der Waals surface area contributed by atoms with E-state index in [1.807, 2.05) is 53.1 Å². The minimum absolute atomic E-state index is 0.0266. The standard InChI is InChI=1S/C23H38N5O7P.2C15H23N3O6.C14H21N3O6.2CH4O/c1-9-17-19(35-36(33-11-10-24-7)28(14(2)3)15(4)5)20(32-13-18(29)25-8)22(34-17)27-12-16(6)21(30)26-23(27)31;1-7-5-18(15(22)17-13(7)21)14-12(23-6-10(20)16-4)8(2)11(24-14)9(3)19;1-7(2)11-10(20)12(23-6-9(19)16-4)14(24-11)18-5-8(3)13(21)17-15(18)22;1-4-8-10(19)11(22-6-9(18)15-3)13(23-8)17-5-7(2)12(20)16-14(17)21;2*1-2/h12,14-15,17,19-20,22H,9-11,13H2,1-6,8H3,(H,25,29)(H,26,30,31);5,8-9,11-12,14,19H,6H2,1-4H3,(H,16,20)(H,17,21,22);5,7,10-12,14,20H,6H2,1-4H3,(H,16,19)(H,17,21,22);5,8,10-11,13,19H,4,6H2,1-3H3,(H,15,18)(H,16,20,21);2*2H,1H3/t17-,19-,20-,22-,36?;8-,9-,11+,12-,14-;10-,11-,12-,14-;8-,10-,11-,13-;;/m1111../s1/i9D;;;4D;2*2T/t9-,17+,19+,20+,22+,36?;;;4-,8+,10+,11+,13+;;/m0..0...